The Hall–Kier alpha value is -2.12. The molecule has 7 nitrogen and oxygen atoms in total. The van der Waals surface area contributed by atoms with Crippen LogP contribution < -0.4 is 10.6 Å². The molecular weight excluding hydrogens is 296 g/mol. The first-order valence-electron chi connectivity index (χ1n) is 7.78. The SMILES string of the molecule is CNC(=O)c1ccc(NC(=O)N2CCN(C[C@H](C)O)CC2)cc1. The van der Waals surface area contributed by atoms with Crippen molar-refractivity contribution in [2.24, 2.45) is 0 Å². The van der Waals surface area contributed by atoms with E-state index in [1.807, 2.05) is 0 Å². The fourth-order valence-electron chi connectivity index (χ4n) is 2.56. The second kappa shape index (κ2) is 7.94. The van der Waals surface area contributed by atoms with E-state index in [0.29, 0.717) is 30.9 Å². The molecule has 1 saturated heterocycles. The van der Waals surface area contributed by atoms with Gasteiger partial charge in [-0.05, 0) is 31.2 Å². The van der Waals surface area contributed by atoms with Gasteiger partial charge < -0.3 is 20.6 Å². The number of carbonyl (C=O) groups excluding carboxylic acids is 2. The van der Waals surface area contributed by atoms with E-state index >= 15 is 0 Å². The number of carbonyl (C=O) groups is 2. The molecule has 1 aromatic rings. The fourth-order valence-corrected chi connectivity index (χ4v) is 2.56. The van der Waals surface area contributed by atoms with Crippen LogP contribution in [0.15, 0.2) is 24.3 Å². The number of hydrogen-bond donors (Lipinski definition) is 3. The van der Waals surface area contributed by atoms with E-state index in [9.17, 15) is 14.7 Å². The summed E-state index contributed by atoms with van der Waals surface area (Å²) in [5.74, 6) is -0.155. The minimum atomic E-state index is -0.353. The maximum atomic E-state index is 12.2. The second-order valence-electron chi connectivity index (χ2n) is 5.72. The Morgan fingerprint density at radius 3 is 2.30 bits per heavy atom. The van der Waals surface area contributed by atoms with Crippen LogP contribution in [0.5, 0.6) is 0 Å². The second-order valence-corrected chi connectivity index (χ2v) is 5.72. The normalized spacial score (nSPS) is 16.7. The molecule has 1 heterocycles. The van der Waals surface area contributed by atoms with Crippen LogP contribution >= 0.6 is 0 Å². The van der Waals surface area contributed by atoms with Gasteiger partial charge in [-0.15, -0.1) is 0 Å². The molecule has 3 amide bonds. The van der Waals surface area contributed by atoms with Crippen molar-refractivity contribution >= 4 is 17.6 Å². The van der Waals surface area contributed by atoms with Crippen LogP contribution in [0.4, 0.5) is 10.5 Å². The van der Waals surface area contributed by atoms with Crippen molar-refractivity contribution in [2.75, 3.05) is 45.1 Å². The first-order valence-corrected chi connectivity index (χ1v) is 7.78. The molecule has 1 atom stereocenters. The van der Waals surface area contributed by atoms with Gasteiger partial charge in [-0.2, -0.15) is 0 Å². The lowest BCUT2D eigenvalue weighted by Crippen LogP contribution is -2.51. The Labute approximate surface area is 136 Å². The molecule has 1 aliphatic rings. The lowest BCUT2D eigenvalue weighted by Gasteiger charge is -2.35. The highest BCUT2D eigenvalue weighted by molar-refractivity contribution is 5.95. The van der Waals surface area contributed by atoms with E-state index in [4.69, 9.17) is 0 Å². The Morgan fingerprint density at radius 1 is 1.17 bits per heavy atom. The van der Waals surface area contributed by atoms with E-state index in [1.165, 1.54) is 0 Å². The van der Waals surface area contributed by atoms with Crippen LogP contribution in [0.3, 0.4) is 0 Å². The van der Waals surface area contributed by atoms with E-state index in [1.54, 1.807) is 43.1 Å². The molecule has 0 spiro atoms. The number of amides is 3. The number of benzene rings is 1. The zero-order valence-electron chi connectivity index (χ0n) is 13.6. The predicted molar refractivity (Wildman–Crippen MR) is 88.5 cm³/mol. The Morgan fingerprint density at radius 2 is 1.78 bits per heavy atom. The molecule has 126 valence electrons. The number of nitrogens with one attached hydrogen (secondary N) is 2. The van der Waals surface area contributed by atoms with Crippen LogP contribution in [0.1, 0.15) is 17.3 Å². The summed E-state index contributed by atoms with van der Waals surface area (Å²) < 4.78 is 0. The van der Waals surface area contributed by atoms with Crippen molar-refractivity contribution in [3.8, 4) is 0 Å². The Bertz CT molecular complexity index is 537. The number of aliphatic hydroxyl groups excluding tert-OH is 1. The topological polar surface area (TPSA) is 84.9 Å². The van der Waals surface area contributed by atoms with Gasteiger partial charge in [0.15, 0.2) is 0 Å². The summed E-state index contributed by atoms with van der Waals surface area (Å²) in [6.45, 7) is 5.18. The molecule has 0 unspecified atom stereocenters. The first-order chi connectivity index (χ1) is 11.0. The number of urea groups is 1. The Balaban J connectivity index is 1.84. The molecule has 7 heteroatoms. The summed E-state index contributed by atoms with van der Waals surface area (Å²) >= 11 is 0. The summed E-state index contributed by atoms with van der Waals surface area (Å²) in [6, 6.07) is 6.64. The monoisotopic (exact) mass is 320 g/mol. The summed E-state index contributed by atoms with van der Waals surface area (Å²) in [4.78, 5) is 27.6. The number of hydrogen-bond acceptors (Lipinski definition) is 4. The van der Waals surface area contributed by atoms with Gasteiger partial charge in [0, 0.05) is 51.0 Å². The molecule has 2 rings (SSSR count). The van der Waals surface area contributed by atoms with Crippen LogP contribution in [-0.2, 0) is 0 Å². The quantitative estimate of drug-likeness (QED) is 0.757. The number of piperazine rings is 1. The van der Waals surface area contributed by atoms with Gasteiger partial charge in [-0.3, -0.25) is 9.69 Å². The minimum absolute atomic E-state index is 0.144. The molecule has 0 aliphatic carbocycles. The number of nitrogens with zero attached hydrogens (tertiary/aromatic N) is 2. The molecule has 23 heavy (non-hydrogen) atoms. The summed E-state index contributed by atoms with van der Waals surface area (Å²) in [5.41, 5.74) is 1.21. The first kappa shape index (κ1) is 17.2. The molecule has 1 aliphatic heterocycles. The molecule has 1 fully saturated rings. The molecule has 0 radical (unpaired) electrons. The lowest BCUT2D eigenvalue weighted by molar-refractivity contribution is 0.0923. The van der Waals surface area contributed by atoms with Crippen molar-refractivity contribution in [3.05, 3.63) is 29.8 Å². The van der Waals surface area contributed by atoms with Gasteiger partial charge in [0.1, 0.15) is 0 Å². The van der Waals surface area contributed by atoms with Gasteiger partial charge >= 0.3 is 6.03 Å². The Kier molecular flexibility index (Phi) is 5.95. The molecule has 0 aromatic heterocycles. The maximum Gasteiger partial charge on any atom is 0.321 e. The van der Waals surface area contributed by atoms with Crippen molar-refractivity contribution in [1.29, 1.82) is 0 Å². The zero-order chi connectivity index (χ0) is 16.8. The largest absolute Gasteiger partial charge is 0.392 e. The molecule has 3 N–H and O–H groups in total. The van der Waals surface area contributed by atoms with Crippen molar-refractivity contribution in [1.82, 2.24) is 15.1 Å². The van der Waals surface area contributed by atoms with E-state index < -0.39 is 0 Å². The highest BCUT2D eigenvalue weighted by Crippen LogP contribution is 2.11. The van der Waals surface area contributed by atoms with Crippen LogP contribution in [0, 0.1) is 0 Å². The van der Waals surface area contributed by atoms with Crippen molar-refractivity contribution in [2.45, 2.75) is 13.0 Å². The molecule has 1 aromatic carbocycles. The summed E-state index contributed by atoms with van der Waals surface area (Å²) in [5, 5.41) is 14.8. The number of rotatable bonds is 4. The zero-order valence-corrected chi connectivity index (χ0v) is 13.6. The summed E-state index contributed by atoms with van der Waals surface area (Å²) in [6.07, 6.45) is -0.353. The van der Waals surface area contributed by atoms with Crippen LogP contribution in [0.25, 0.3) is 0 Å². The van der Waals surface area contributed by atoms with E-state index in [-0.39, 0.29) is 18.0 Å². The average Bonchev–Trinajstić information content (AvgIpc) is 2.55. The highest BCUT2D eigenvalue weighted by Gasteiger charge is 2.21. The minimum Gasteiger partial charge on any atom is -0.392 e. The lowest BCUT2D eigenvalue weighted by atomic mass is 10.2. The standard InChI is InChI=1S/C16H24N4O3/c1-12(21)11-19-7-9-20(10-8-19)16(23)18-14-5-3-13(4-6-14)15(22)17-2/h3-6,12,21H,7-11H2,1-2H3,(H,17,22)(H,18,23)/t12-/m0/s1. The van der Waals surface area contributed by atoms with E-state index in [0.717, 1.165) is 13.1 Å². The average molecular weight is 320 g/mol. The van der Waals surface area contributed by atoms with Gasteiger partial charge in [-0.1, -0.05) is 0 Å². The summed E-state index contributed by atoms with van der Waals surface area (Å²) in [7, 11) is 1.58. The molecule has 0 saturated carbocycles. The fraction of sp³-hybridized carbons (Fsp3) is 0.500. The van der Waals surface area contributed by atoms with Gasteiger partial charge in [0.25, 0.3) is 5.91 Å². The number of aliphatic hydroxyl groups is 1. The van der Waals surface area contributed by atoms with Crippen molar-refractivity contribution < 1.29 is 14.7 Å². The van der Waals surface area contributed by atoms with E-state index in [2.05, 4.69) is 15.5 Å². The van der Waals surface area contributed by atoms with Gasteiger partial charge in [0.2, 0.25) is 0 Å². The number of β-amino-alcohol motifs (C(OH)–C–C–N with tert-alkyl or cyclic N) is 1. The third kappa shape index (κ3) is 4.94. The molecule has 0 bridgehead atoms. The van der Waals surface area contributed by atoms with Gasteiger partial charge in [0.05, 0.1) is 6.10 Å². The third-order valence-electron chi connectivity index (χ3n) is 3.81. The maximum absolute atomic E-state index is 12.2. The number of anilines is 1. The third-order valence-corrected chi connectivity index (χ3v) is 3.81. The predicted octanol–water partition coefficient (Wildman–Crippen LogP) is 0.576. The molecular formula is C16H24N4O3. The van der Waals surface area contributed by atoms with Crippen LogP contribution in [-0.4, -0.2) is 72.7 Å². The smallest absolute Gasteiger partial charge is 0.321 e. The van der Waals surface area contributed by atoms with Gasteiger partial charge in [-0.25, -0.2) is 4.79 Å². The highest BCUT2D eigenvalue weighted by atomic mass is 16.3. The van der Waals surface area contributed by atoms with Crippen LogP contribution in [0.2, 0.25) is 0 Å². The van der Waals surface area contributed by atoms with Crippen molar-refractivity contribution in [3.63, 3.8) is 0 Å².